The van der Waals surface area contributed by atoms with E-state index in [1.807, 2.05) is 12.1 Å². The first-order valence-corrected chi connectivity index (χ1v) is 8.29. The Balaban J connectivity index is 2.12. The monoisotopic (exact) mass is 375 g/mol. The lowest BCUT2D eigenvalue weighted by atomic mass is 10.1. The molecule has 0 aromatic heterocycles. The second-order valence-corrected chi connectivity index (χ2v) is 5.44. The summed E-state index contributed by atoms with van der Waals surface area (Å²) in [5.74, 6) is 0.357. The van der Waals surface area contributed by atoms with Crippen LogP contribution in [-0.4, -0.2) is 38.3 Å². The van der Waals surface area contributed by atoms with Crippen molar-refractivity contribution in [3.8, 4) is 17.2 Å². The Hall–Kier alpha value is -3.29. The summed E-state index contributed by atoms with van der Waals surface area (Å²) in [6.45, 7) is 2.13. The van der Waals surface area contributed by atoms with Crippen molar-refractivity contribution in [2.45, 2.75) is 13.3 Å². The maximum atomic E-state index is 12.4. The largest absolute Gasteiger partial charge is 0.497 e. The van der Waals surface area contributed by atoms with E-state index >= 15 is 0 Å². The van der Waals surface area contributed by atoms with Gasteiger partial charge in [-0.25, -0.2) is 4.79 Å². The van der Waals surface area contributed by atoms with Gasteiger partial charge in [-0.1, -0.05) is 12.1 Å². The Kier molecular flexibility index (Phi) is 6.99. The molecule has 144 valence electrons. The van der Waals surface area contributed by atoms with Crippen LogP contribution in [0.5, 0.6) is 17.2 Å². The maximum absolute atomic E-state index is 12.4. The zero-order valence-electron chi connectivity index (χ0n) is 15.4. The van der Waals surface area contributed by atoms with E-state index in [4.69, 9.17) is 18.9 Å². The van der Waals surface area contributed by atoms with E-state index < -0.39 is 16.6 Å². The fraction of sp³-hybridized carbons (Fsp3) is 0.316. The Morgan fingerprint density at radius 3 is 2.33 bits per heavy atom. The topological polar surface area (TPSA) is 97.1 Å². The van der Waals surface area contributed by atoms with E-state index in [0.29, 0.717) is 13.0 Å². The van der Waals surface area contributed by atoms with Gasteiger partial charge >= 0.3 is 5.97 Å². The number of nitro benzene ring substituents is 1. The zero-order valence-corrected chi connectivity index (χ0v) is 15.4. The van der Waals surface area contributed by atoms with Crippen LogP contribution in [0, 0.1) is 10.1 Å². The standard InChI is InChI=1S/C19H21NO7/c1-4-26-18-12-16(20(22)23)15(11-17(18)25-3)19(21)27-10-9-13-5-7-14(24-2)8-6-13/h5-8,11-12H,4,9-10H2,1-3H3. The molecule has 0 aliphatic carbocycles. The predicted octanol–water partition coefficient (Wildman–Crippen LogP) is 3.41. The van der Waals surface area contributed by atoms with Gasteiger partial charge in [0.2, 0.25) is 0 Å². The summed E-state index contributed by atoms with van der Waals surface area (Å²) in [5.41, 5.74) is 0.367. The summed E-state index contributed by atoms with van der Waals surface area (Å²) < 4.78 is 20.8. The van der Waals surface area contributed by atoms with E-state index in [2.05, 4.69) is 0 Å². The molecule has 0 unspecified atom stereocenters. The molecule has 0 bridgehead atoms. The summed E-state index contributed by atoms with van der Waals surface area (Å²) >= 11 is 0. The van der Waals surface area contributed by atoms with Crippen LogP contribution in [0.3, 0.4) is 0 Å². The molecule has 0 heterocycles. The van der Waals surface area contributed by atoms with Gasteiger partial charge in [-0.2, -0.15) is 0 Å². The zero-order chi connectivity index (χ0) is 19.8. The van der Waals surface area contributed by atoms with E-state index in [1.54, 1.807) is 26.2 Å². The summed E-state index contributed by atoms with van der Waals surface area (Å²) in [6.07, 6.45) is 0.470. The van der Waals surface area contributed by atoms with E-state index in [9.17, 15) is 14.9 Å². The molecule has 27 heavy (non-hydrogen) atoms. The van der Waals surface area contributed by atoms with Gasteiger partial charge in [-0.15, -0.1) is 0 Å². The number of nitrogens with zero attached hydrogens (tertiary/aromatic N) is 1. The van der Waals surface area contributed by atoms with Crippen LogP contribution < -0.4 is 14.2 Å². The molecule has 0 atom stereocenters. The molecule has 0 radical (unpaired) electrons. The highest BCUT2D eigenvalue weighted by Gasteiger charge is 2.25. The lowest BCUT2D eigenvalue weighted by molar-refractivity contribution is -0.385. The number of rotatable bonds is 9. The van der Waals surface area contributed by atoms with Gasteiger partial charge < -0.3 is 18.9 Å². The van der Waals surface area contributed by atoms with Gasteiger partial charge in [0.15, 0.2) is 11.5 Å². The summed E-state index contributed by atoms with van der Waals surface area (Å²) in [4.78, 5) is 23.0. The number of benzene rings is 2. The third kappa shape index (κ3) is 5.10. The average Bonchev–Trinajstić information content (AvgIpc) is 2.68. The molecule has 0 aliphatic heterocycles. The lowest BCUT2D eigenvalue weighted by Gasteiger charge is -2.11. The maximum Gasteiger partial charge on any atom is 0.345 e. The van der Waals surface area contributed by atoms with Crippen LogP contribution in [0.4, 0.5) is 5.69 Å². The minimum absolute atomic E-state index is 0.0812. The Morgan fingerprint density at radius 2 is 1.78 bits per heavy atom. The second-order valence-electron chi connectivity index (χ2n) is 5.44. The van der Waals surface area contributed by atoms with Gasteiger partial charge in [0.25, 0.3) is 5.69 Å². The molecule has 2 aromatic rings. The predicted molar refractivity (Wildman–Crippen MR) is 97.8 cm³/mol. The molecule has 2 aromatic carbocycles. The molecule has 0 fully saturated rings. The molecular weight excluding hydrogens is 354 g/mol. The minimum Gasteiger partial charge on any atom is -0.497 e. The number of carbonyl (C=O) groups is 1. The molecule has 8 nitrogen and oxygen atoms in total. The van der Waals surface area contributed by atoms with Crippen LogP contribution in [0.15, 0.2) is 36.4 Å². The molecule has 8 heteroatoms. The number of hydrogen-bond donors (Lipinski definition) is 0. The van der Waals surface area contributed by atoms with Crippen LogP contribution in [0.1, 0.15) is 22.8 Å². The first kappa shape index (κ1) is 20.0. The van der Waals surface area contributed by atoms with Crippen molar-refractivity contribution >= 4 is 11.7 Å². The third-order valence-electron chi connectivity index (χ3n) is 3.78. The smallest absolute Gasteiger partial charge is 0.345 e. The van der Waals surface area contributed by atoms with Crippen LogP contribution in [0.25, 0.3) is 0 Å². The molecule has 2 rings (SSSR count). The third-order valence-corrected chi connectivity index (χ3v) is 3.78. The summed E-state index contributed by atoms with van der Waals surface area (Å²) in [5, 5.41) is 11.3. The van der Waals surface area contributed by atoms with E-state index in [-0.39, 0.29) is 23.7 Å². The lowest BCUT2D eigenvalue weighted by Crippen LogP contribution is -2.11. The van der Waals surface area contributed by atoms with Gasteiger partial charge in [-0.3, -0.25) is 10.1 Å². The van der Waals surface area contributed by atoms with Gasteiger partial charge in [0, 0.05) is 12.5 Å². The van der Waals surface area contributed by atoms with E-state index in [1.165, 1.54) is 19.2 Å². The number of hydrogen-bond acceptors (Lipinski definition) is 7. The normalized spacial score (nSPS) is 10.2. The van der Waals surface area contributed by atoms with Crippen molar-refractivity contribution in [2.75, 3.05) is 27.4 Å². The van der Waals surface area contributed by atoms with Gasteiger partial charge in [0.1, 0.15) is 11.3 Å². The molecular formula is C19H21NO7. The molecule has 0 spiro atoms. The molecule has 0 saturated heterocycles. The summed E-state index contributed by atoms with van der Waals surface area (Å²) in [7, 11) is 2.97. The highest BCUT2D eigenvalue weighted by molar-refractivity contribution is 5.95. The highest BCUT2D eigenvalue weighted by atomic mass is 16.6. The van der Waals surface area contributed by atoms with Crippen molar-refractivity contribution in [2.24, 2.45) is 0 Å². The summed E-state index contributed by atoms with van der Waals surface area (Å²) in [6, 6.07) is 9.75. The van der Waals surface area contributed by atoms with Crippen molar-refractivity contribution in [3.05, 3.63) is 57.6 Å². The molecule has 0 aliphatic rings. The molecule has 0 N–H and O–H groups in total. The number of ether oxygens (including phenoxy) is 4. The number of nitro groups is 1. The Bertz CT molecular complexity index is 802. The van der Waals surface area contributed by atoms with Crippen molar-refractivity contribution in [1.29, 1.82) is 0 Å². The first-order chi connectivity index (χ1) is 13.0. The van der Waals surface area contributed by atoms with Gasteiger partial charge in [-0.05, 0) is 24.6 Å². The first-order valence-electron chi connectivity index (χ1n) is 8.29. The number of carbonyl (C=O) groups excluding carboxylic acids is 1. The number of methoxy groups -OCH3 is 2. The van der Waals surface area contributed by atoms with Gasteiger partial charge in [0.05, 0.1) is 38.4 Å². The van der Waals surface area contributed by atoms with Crippen LogP contribution in [0.2, 0.25) is 0 Å². The Labute approximate surface area is 156 Å². The second kappa shape index (κ2) is 9.42. The average molecular weight is 375 g/mol. The van der Waals surface area contributed by atoms with Crippen molar-refractivity contribution in [1.82, 2.24) is 0 Å². The molecule has 0 saturated carbocycles. The minimum atomic E-state index is -0.795. The highest BCUT2D eigenvalue weighted by Crippen LogP contribution is 2.35. The van der Waals surface area contributed by atoms with Crippen molar-refractivity contribution in [3.63, 3.8) is 0 Å². The Morgan fingerprint density at radius 1 is 1.07 bits per heavy atom. The SMILES string of the molecule is CCOc1cc([N+](=O)[O-])c(C(=O)OCCc2ccc(OC)cc2)cc1OC. The van der Waals surface area contributed by atoms with Crippen molar-refractivity contribution < 1.29 is 28.7 Å². The fourth-order valence-electron chi connectivity index (χ4n) is 2.42. The van der Waals surface area contributed by atoms with E-state index in [0.717, 1.165) is 11.3 Å². The quantitative estimate of drug-likeness (QED) is 0.376. The van der Waals surface area contributed by atoms with Crippen LogP contribution in [-0.2, 0) is 11.2 Å². The van der Waals surface area contributed by atoms with Crippen LogP contribution >= 0.6 is 0 Å². The molecule has 0 amide bonds. The number of esters is 1. The fourth-order valence-corrected chi connectivity index (χ4v) is 2.42.